The zero-order valence-corrected chi connectivity index (χ0v) is 9.88. The van der Waals surface area contributed by atoms with Crippen LogP contribution in [0.1, 0.15) is 23.3 Å². The molecule has 90 valence electrons. The Labute approximate surface area is 101 Å². The number of rotatable bonds is 1. The molecule has 1 atom stereocenters. The van der Waals surface area contributed by atoms with Gasteiger partial charge in [0.2, 0.25) is 0 Å². The van der Waals surface area contributed by atoms with Crippen molar-refractivity contribution in [3.05, 3.63) is 30.1 Å². The Kier molecular flexibility index (Phi) is 2.81. The van der Waals surface area contributed by atoms with Gasteiger partial charge in [0.1, 0.15) is 5.69 Å². The molecule has 0 spiro atoms. The molecule has 0 unspecified atom stereocenters. The number of nitrogens with zero attached hydrogens (tertiary/aromatic N) is 3. The SMILES string of the molecule is O=C(c1ccccn1)N1CCN2CCC[C@H]2C1. The summed E-state index contributed by atoms with van der Waals surface area (Å²) in [5.74, 6) is 0.0807. The molecule has 0 aliphatic carbocycles. The lowest BCUT2D eigenvalue weighted by molar-refractivity contribution is 0.0566. The van der Waals surface area contributed by atoms with E-state index in [0.717, 1.165) is 19.6 Å². The molecule has 4 heteroatoms. The molecule has 0 saturated carbocycles. The summed E-state index contributed by atoms with van der Waals surface area (Å²) in [7, 11) is 0. The van der Waals surface area contributed by atoms with Crippen molar-refractivity contribution in [1.82, 2.24) is 14.8 Å². The zero-order valence-electron chi connectivity index (χ0n) is 9.88. The molecule has 3 heterocycles. The van der Waals surface area contributed by atoms with Crippen molar-refractivity contribution in [1.29, 1.82) is 0 Å². The molecular weight excluding hydrogens is 214 g/mol. The number of fused-ring (bicyclic) bond motifs is 1. The minimum atomic E-state index is 0.0807. The zero-order chi connectivity index (χ0) is 11.7. The van der Waals surface area contributed by atoms with Crippen molar-refractivity contribution >= 4 is 5.91 Å². The van der Waals surface area contributed by atoms with E-state index < -0.39 is 0 Å². The van der Waals surface area contributed by atoms with E-state index in [0.29, 0.717) is 11.7 Å². The number of aromatic nitrogens is 1. The van der Waals surface area contributed by atoms with E-state index in [1.165, 1.54) is 19.4 Å². The van der Waals surface area contributed by atoms with E-state index >= 15 is 0 Å². The quantitative estimate of drug-likeness (QED) is 0.723. The molecule has 2 fully saturated rings. The molecule has 2 saturated heterocycles. The van der Waals surface area contributed by atoms with Crippen molar-refractivity contribution in [3.8, 4) is 0 Å². The smallest absolute Gasteiger partial charge is 0.272 e. The normalized spacial score (nSPS) is 24.7. The number of hydrogen-bond acceptors (Lipinski definition) is 3. The Balaban J connectivity index is 1.71. The summed E-state index contributed by atoms with van der Waals surface area (Å²) in [5, 5.41) is 0. The summed E-state index contributed by atoms with van der Waals surface area (Å²) in [6, 6.07) is 6.08. The van der Waals surface area contributed by atoms with Crippen LogP contribution in [0.2, 0.25) is 0 Å². The minimum Gasteiger partial charge on any atom is -0.334 e. The summed E-state index contributed by atoms with van der Waals surface area (Å²) < 4.78 is 0. The molecule has 4 nitrogen and oxygen atoms in total. The maximum absolute atomic E-state index is 12.2. The van der Waals surface area contributed by atoms with Gasteiger partial charge in [0.15, 0.2) is 0 Å². The van der Waals surface area contributed by atoms with Gasteiger partial charge in [0.05, 0.1) is 0 Å². The Morgan fingerprint density at radius 2 is 2.24 bits per heavy atom. The molecule has 0 N–H and O–H groups in total. The molecule has 2 aliphatic heterocycles. The molecule has 1 aromatic rings. The highest BCUT2D eigenvalue weighted by Crippen LogP contribution is 2.22. The summed E-state index contributed by atoms with van der Waals surface area (Å²) in [4.78, 5) is 20.8. The topological polar surface area (TPSA) is 36.4 Å². The fraction of sp³-hybridized carbons (Fsp3) is 0.538. The Hall–Kier alpha value is -1.42. The van der Waals surface area contributed by atoms with Gasteiger partial charge in [-0.2, -0.15) is 0 Å². The fourth-order valence-corrected chi connectivity index (χ4v) is 2.83. The molecule has 0 bridgehead atoms. The van der Waals surface area contributed by atoms with Crippen LogP contribution in [-0.4, -0.2) is 52.9 Å². The fourth-order valence-electron chi connectivity index (χ4n) is 2.83. The molecule has 17 heavy (non-hydrogen) atoms. The number of carbonyl (C=O) groups excluding carboxylic acids is 1. The largest absolute Gasteiger partial charge is 0.334 e. The van der Waals surface area contributed by atoms with E-state index in [2.05, 4.69) is 9.88 Å². The highest BCUT2D eigenvalue weighted by atomic mass is 16.2. The van der Waals surface area contributed by atoms with Crippen LogP contribution < -0.4 is 0 Å². The van der Waals surface area contributed by atoms with Crippen molar-refractivity contribution in [2.24, 2.45) is 0 Å². The van der Waals surface area contributed by atoms with Crippen LogP contribution in [-0.2, 0) is 0 Å². The maximum atomic E-state index is 12.2. The van der Waals surface area contributed by atoms with Crippen LogP contribution >= 0.6 is 0 Å². The van der Waals surface area contributed by atoms with Gasteiger partial charge < -0.3 is 4.90 Å². The second-order valence-electron chi connectivity index (χ2n) is 4.80. The van der Waals surface area contributed by atoms with E-state index in [1.54, 1.807) is 12.3 Å². The first-order valence-electron chi connectivity index (χ1n) is 6.29. The molecule has 1 aromatic heterocycles. The first kappa shape index (κ1) is 10.7. The number of pyridine rings is 1. The first-order chi connectivity index (χ1) is 8.34. The molecule has 0 radical (unpaired) electrons. The van der Waals surface area contributed by atoms with Crippen molar-refractivity contribution in [2.45, 2.75) is 18.9 Å². The van der Waals surface area contributed by atoms with Crippen LogP contribution in [0.3, 0.4) is 0 Å². The predicted molar refractivity (Wildman–Crippen MR) is 64.7 cm³/mol. The van der Waals surface area contributed by atoms with Gasteiger partial charge in [0, 0.05) is 31.9 Å². The Morgan fingerprint density at radius 3 is 3.06 bits per heavy atom. The van der Waals surface area contributed by atoms with Gasteiger partial charge in [-0.3, -0.25) is 14.7 Å². The van der Waals surface area contributed by atoms with Gasteiger partial charge in [0.25, 0.3) is 5.91 Å². The maximum Gasteiger partial charge on any atom is 0.272 e. The monoisotopic (exact) mass is 231 g/mol. The molecular formula is C13H17N3O. The summed E-state index contributed by atoms with van der Waals surface area (Å²) in [6.45, 7) is 3.93. The van der Waals surface area contributed by atoms with Crippen LogP contribution in [0.25, 0.3) is 0 Å². The van der Waals surface area contributed by atoms with E-state index in [9.17, 15) is 4.79 Å². The molecule has 0 aromatic carbocycles. The van der Waals surface area contributed by atoms with E-state index in [1.807, 2.05) is 17.0 Å². The van der Waals surface area contributed by atoms with Crippen LogP contribution in [0.15, 0.2) is 24.4 Å². The Bertz CT molecular complexity index is 406. The van der Waals surface area contributed by atoms with Crippen molar-refractivity contribution in [3.63, 3.8) is 0 Å². The van der Waals surface area contributed by atoms with Gasteiger partial charge in [-0.25, -0.2) is 0 Å². The predicted octanol–water partition coefficient (Wildman–Crippen LogP) is 1.00. The van der Waals surface area contributed by atoms with Crippen LogP contribution in [0.4, 0.5) is 0 Å². The lowest BCUT2D eigenvalue weighted by atomic mass is 10.1. The van der Waals surface area contributed by atoms with Gasteiger partial charge in [-0.15, -0.1) is 0 Å². The van der Waals surface area contributed by atoms with E-state index in [4.69, 9.17) is 0 Å². The van der Waals surface area contributed by atoms with Gasteiger partial charge >= 0.3 is 0 Å². The average molecular weight is 231 g/mol. The van der Waals surface area contributed by atoms with E-state index in [-0.39, 0.29) is 5.91 Å². The number of carbonyl (C=O) groups is 1. The standard InChI is InChI=1S/C13H17N3O/c17-13(12-5-1-2-6-14-12)16-9-8-15-7-3-4-11(15)10-16/h1-2,5-6,11H,3-4,7-10H2/t11-/m0/s1. The average Bonchev–Trinajstić information content (AvgIpc) is 2.86. The molecule has 3 rings (SSSR count). The summed E-state index contributed by atoms with van der Waals surface area (Å²) in [5.41, 5.74) is 0.568. The third kappa shape index (κ3) is 2.05. The van der Waals surface area contributed by atoms with Crippen LogP contribution in [0.5, 0.6) is 0 Å². The second-order valence-corrected chi connectivity index (χ2v) is 4.80. The minimum absolute atomic E-state index is 0.0807. The van der Waals surface area contributed by atoms with Crippen molar-refractivity contribution < 1.29 is 4.79 Å². The lowest BCUT2D eigenvalue weighted by Crippen LogP contribution is -2.52. The third-order valence-electron chi connectivity index (χ3n) is 3.76. The van der Waals surface area contributed by atoms with Crippen molar-refractivity contribution in [2.75, 3.05) is 26.2 Å². The second kappa shape index (κ2) is 4.45. The number of hydrogen-bond donors (Lipinski definition) is 0. The highest BCUT2D eigenvalue weighted by molar-refractivity contribution is 5.92. The highest BCUT2D eigenvalue weighted by Gasteiger charge is 2.32. The summed E-state index contributed by atoms with van der Waals surface area (Å²) >= 11 is 0. The van der Waals surface area contributed by atoms with Gasteiger partial charge in [-0.1, -0.05) is 6.07 Å². The van der Waals surface area contributed by atoms with Crippen LogP contribution in [0, 0.1) is 0 Å². The lowest BCUT2D eigenvalue weighted by Gasteiger charge is -2.37. The number of amides is 1. The Morgan fingerprint density at radius 1 is 1.29 bits per heavy atom. The third-order valence-corrected chi connectivity index (χ3v) is 3.76. The van der Waals surface area contributed by atoms with Gasteiger partial charge in [-0.05, 0) is 31.5 Å². The summed E-state index contributed by atoms with van der Waals surface area (Å²) in [6.07, 6.45) is 4.18. The molecule has 1 amide bonds. The first-order valence-corrected chi connectivity index (χ1v) is 6.29. The number of piperazine rings is 1. The molecule has 2 aliphatic rings.